The van der Waals surface area contributed by atoms with Gasteiger partial charge in [-0.25, -0.2) is 0 Å². The Hall–Kier alpha value is -3.65. The van der Waals surface area contributed by atoms with E-state index in [-0.39, 0.29) is 0 Å². The van der Waals surface area contributed by atoms with Crippen molar-refractivity contribution >= 4 is 44.9 Å². The molecule has 0 amide bonds. The molecule has 1 saturated heterocycles. The fraction of sp³-hybridized carbons (Fsp3) is 0.194. The van der Waals surface area contributed by atoms with E-state index in [1.807, 2.05) is 39.8 Å². The minimum absolute atomic E-state index is 0.441. The fourth-order valence-electron chi connectivity index (χ4n) is 5.09. The molecule has 5 aromatic rings. The first-order valence-corrected chi connectivity index (χ1v) is 12.0. The lowest BCUT2D eigenvalue weighted by Crippen LogP contribution is -2.41. The molecule has 0 aromatic heterocycles. The van der Waals surface area contributed by atoms with Crippen LogP contribution < -0.4 is 5.46 Å². The number of nitriles is 1. The number of hydrogen-bond donors (Lipinski definition) is 0. The molecule has 1 aliphatic heterocycles. The summed E-state index contributed by atoms with van der Waals surface area (Å²) in [5.74, 6) is 0. The molecule has 0 radical (unpaired) electrons. The SMILES string of the molecule is CC1(C)OB(c2cc(C#N)cc(-c3ccc4c5ccccc5c5ccccc5c4c3)c2)OC1(C)C. The Kier molecular flexibility index (Phi) is 4.80. The van der Waals surface area contributed by atoms with Crippen LogP contribution in [0.4, 0.5) is 0 Å². The third kappa shape index (κ3) is 3.43. The Morgan fingerprint density at radius 3 is 1.66 bits per heavy atom. The smallest absolute Gasteiger partial charge is 0.399 e. The van der Waals surface area contributed by atoms with Crippen LogP contribution in [0.3, 0.4) is 0 Å². The third-order valence-electron chi connectivity index (χ3n) is 7.69. The molecule has 3 nitrogen and oxygen atoms in total. The van der Waals surface area contributed by atoms with Crippen molar-refractivity contribution in [1.82, 2.24) is 0 Å². The average molecular weight is 455 g/mol. The van der Waals surface area contributed by atoms with Gasteiger partial charge in [0.15, 0.2) is 0 Å². The number of benzene rings is 5. The maximum atomic E-state index is 9.78. The van der Waals surface area contributed by atoms with E-state index in [0.717, 1.165) is 16.6 Å². The van der Waals surface area contributed by atoms with Gasteiger partial charge in [-0.3, -0.25) is 0 Å². The molecule has 0 saturated carbocycles. The first-order valence-electron chi connectivity index (χ1n) is 12.0. The molecular weight excluding hydrogens is 429 g/mol. The van der Waals surface area contributed by atoms with Gasteiger partial charge >= 0.3 is 7.12 Å². The van der Waals surface area contributed by atoms with Crippen LogP contribution in [0, 0.1) is 11.3 Å². The minimum Gasteiger partial charge on any atom is -0.399 e. The minimum atomic E-state index is -0.516. The lowest BCUT2D eigenvalue weighted by Gasteiger charge is -2.32. The van der Waals surface area contributed by atoms with Gasteiger partial charge in [0, 0.05) is 0 Å². The second kappa shape index (κ2) is 7.68. The van der Waals surface area contributed by atoms with Crippen molar-refractivity contribution in [3.63, 3.8) is 0 Å². The van der Waals surface area contributed by atoms with Crippen molar-refractivity contribution in [2.24, 2.45) is 0 Å². The van der Waals surface area contributed by atoms with E-state index in [1.54, 1.807) is 0 Å². The Morgan fingerprint density at radius 1 is 0.600 bits per heavy atom. The highest BCUT2D eigenvalue weighted by atomic mass is 16.7. The van der Waals surface area contributed by atoms with E-state index in [4.69, 9.17) is 9.31 Å². The highest BCUT2D eigenvalue weighted by Crippen LogP contribution is 2.38. The molecule has 4 heteroatoms. The van der Waals surface area contributed by atoms with Crippen molar-refractivity contribution in [3.05, 3.63) is 90.5 Å². The van der Waals surface area contributed by atoms with Crippen LogP contribution in [0.15, 0.2) is 84.9 Å². The van der Waals surface area contributed by atoms with Gasteiger partial charge in [-0.1, -0.05) is 66.7 Å². The van der Waals surface area contributed by atoms with Crippen LogP contribution in [0.2, 0.25) is 0 Å². The Labute approximate surface area is 206 Å². The maximum absolute atomic E-state index is 9.78. The van der Waals surface area contributed by atoms with Crippen LogP contribution in [0.25, 0.3) is 43.4 Å². The van der Waals surface area contributed by atoms with E-state index < -0.39 is 18.3 Å². The number of rotatable bonds is 2. The molecule has 0 atom stereocenters. The van der Waals surface area contributed by atoms with Gasteiger partial charge in [-0.15, -0.1) is 0 Å². The van der Waals surface area contributed by atoms with Crippen LogP contribution in [0.1, 0.15) is 33.3 Å². The summed E-state index contributed by atoms with van der Waals surface area (Å²) in [6.07, 6.45) is 0. The summed E-state index contributed by atoms with van der Waals surface area (Å²) in [6, 6.07) is 32.0. The molecule has 5 aromatic carbocycles. The summed E-state index contributed by atoms with van der Waals surface area (Å²) >= 11 is 0. The van der Waals surface area contributed by atoms with Crippen molar-refractivity contribution in [3.8, 4) is 17.2 Å². The Bertz CT molecular complexity index is 1630. The summed E-state index contributed by atoms with van der Waals surface area (Å²) in [5.41, 5.74) is 2.62. The van der Waals surface area contributed by atoms with Gasteiger partial charge in [0.1, 0.15) is 0 Å². The topological polar surface area (TPSA) is 42.2 Å². The molecular formula is C31H26BNO2. The zero-order chi connectivity index (χ0) is 24.4. The lowest BCUT2D eigenvalue weighted by molar-refractivity contribution is 0.00578. The maximum Gasteiger partial charge on any atom is 0.494 e. The molecule has 1 aliphatic rings. The zero-order valence-electron chi connectivity index (χ0n) is 20.4. The number of nitrogens with zero attached hydrogens (tertiary/aromatic N) is 1. The molecule has 0 spiro atoms. The number of fused-ring (bicyclic) bond motifs is 6. The van der Waals surface area contributed by atoms with Crippen LogP contribution >= 0.6 is 0 Å². The van der Waals surface area contributed by atoms with E-state index in [0.29, 0.717) is 5.56 Å². The van der Waals surface area contributed by atoms with Gasteiger partial charge in [0.2, 0.25) is 0 Å². The summed E-state index contributed by atoms with van der Waals surface area (Å²) in [5, 5.41) is 17.2. The quantitative estimate of drug-likeness (QED) is 0.213. The first kappa shape index (κ1) is 21.9. The van der Waals surface area contributed by atoms with Crippen molar-refractivity contribution in [2.75, 3.05) is 0 Å². The van der Waals surface area contributed by atoms with Crippen molar-refractivity contribution in [2.45, 2.75) is 38.9 Å². The van der Waals surface area contributed by atoms with E-state index in [9.17, 15) is 5.26 Å². The molecule has 1 heterocycles. The van der Waals surface area contributed by atoms with Crippen molar-refractivity contribution < 1.29 is 9.31 Å². The van der Waals surface area contributed by atoms with E-state index >= 15 is 0 Å². The molecule has 0 unspecified atom stereocenters. The molecule has 0 N–H and O–H groups in total. The van der Waals surface area contributed by atoms with Crippen LogP contribution in [-0.4, -0.2) is 18.3 Å². The molecule has 35 heavy (non-hydrogen) atoms. The summed E-state index contributed by atoms with van der Waals surface area (Å²) in [4.78, 5) is 0. The Morgan fingerprint density at radius 2 is 1.11 bits per heavy atom. The van der Waals surface area contributed by atoms with E-state index in [2.05, 4.69) is 78.9 Å². The van der Waals surface area contributed by atoms with Crippen LogP contribution in [0.5, 0.6) is 0 Å². The highest BCUT2D eigenvalue weighted by molar-refractivity contribution is 6.62. The molecule has 0 aliphatic carbocycles. The standard InChI is InChI=1S/C31H26BNO2/c1-30(2)31(3,4)35-32(34-30)23-16-20(19-33)15-22(17-23)21-13-14-28-26-11-6-5-9-24(26)25-10-7-8-12-27(25)29(28)18-21/h5-18H,1-4H3. The predicted molar refractivity (Wildman–Crippen MR) is 145 cm³/mol. The summed E-state index contributed by atoms with van der Waals surface area (Å²) in [6.45, 7) is 8.17. The lowest BCUT2D eigenvalue weighted by atomic mass is 9.77. The monoisotopic (exact) mass is 455 g/mol. The van der Waals surface area contributed by atoms with Gasteiger partial charge in [0.05, 0.1) is 22.8 Å². The Balaban J connectivity index is 1.55. The normalized spacial score (nSPS) is 16.7. The second-order valence-corrected chi connectivity index (χ2v) is 10.4. The first-order chi connectivity index (χ1) is 16.8. The van der Waals surface area contributed by atoms with E-state index in [1.165, 1.54) is 32.3 Å². The van der Waals surface area contributed by atoms with Gasteiger partial charge < -0.3 is 9.31 Å². The van der Waals surface area contributed by atoms with Gasteiger partial charge in [-0.2, -0.15) is 5.26 Å². The highest BCUT2D eigenvalue weighted by Gasteiger charge is 2.51. The second-order valence-electron chi connectivity index (χ2n) is 10.4. The number of hydrogen-bond acceptors (Lipinski definition) is 3. The van der Waals surface area contributed by atoms with Crippen molar-refractivity contribution in [1.29, 1.82) is 5.26 Å². The third-order valence-corrected chi connectivity index (χ3v) is 7.69. The molecule has 6 rings (SSSR count). The molecule has 170 valence electrons. The predicted octanol–water partition coefficient (Wildman–Crippen LogP) is 6.98. The molecule has 1 fully saturated rings. The fourth-order valence-corrected chi connectivity index (χ4v) is 5.09. The average Bonchev–Trinajstić information content (AvgIpc) is 3.10. The zero-order valence-corrected chi connectivity index (χ0v) is 20.4. The van der Waals surface area contributed by atoms with Gasteiger partial charge in [0.25, 0.3) is 0 Å². The summed E-state index contributed by atoms with van der Waals surface area (Å²) in [7, 11) is -0.516. The summed E-state index contributed by atoms with van der Waals surface area (Å²) < 4.78 is 12.6. The van der Waals surface area contributed by atoms with Crippen LogP contribution in [-0.2, 0) is 9.31 Å². The molecule has 0 bridgehead atoms. The van der Waals surface area contributed by atoms with Gasteiger partial charge in [-0.05, 0) is 94.8 Å². The largest absolute Gasteiger partial charge is 0.494 e.